The fraction of sp³-hybridized carbons (Fsp3) is 0.471. The van der Waals surface area contributed by atoms with Crippen LogP contribution in [0.25, 0.3) is 28.1 Å². The number of nitrogens with zero attached hydrogens (tertiary/aromatic N) is 2. The molecule has 224 valence electrons. The molecule has 0 aliphatic carbocycles. The number of fused-ring (bicyclic) bond motifs is 8. The zero-order valence-corrected chi connectivity index (χ0v) is 25.3. The summed E-state index contributed by atoms with van der Waals surface area (Å²) in [6.07, 6.45) is 1.59. The van der Waals surface area contributed by atoms with Gasteiger partial charge in [0.1, 0.15) is 0 Å². The van der Waals surface area contributed by atoms with Crippen LogP contribution < -0.4 is 0 Å². The summed E-state index contributed by atoms with van der Waals surface area (Å²) in [5.74, 6) is 0.557. The number of hydrogen-bond donors (Lipinski definition) is 6. The molecule has 3 aromatic heterocycles. The van der Waals surface area contributed by atoms with E-state index in [-0.39, 0.29) is 36.5 Å². The van der Waals surface area contributed by atoms with Crippen molar-refractivity contribution < 1.29 is 20.4 Å². The standard InChI is InChI=1S/C34H44N4O4/c1-7-21-17(3)25-13-26-19(5)23(9-11-33(39)40)31(37-26)16-32-24(10-12-34(41)42)20(6)28(38-32)15-30-22(8-2)18(4)27(36-30)14-29(21)35-25/h7,13-16,18-19,22-23,33-35,38-42H,1,8-12H2,2-6H3. The van der Waals surface area contributed by atoms with E-state index in [1.165, 1.54) is 0 Å². The fourth-order valence-electron chi connectivity index (χ4n) is 6.80. The first-order valence-electron chi connectivity index (χ1n) is 15.1. The van der Waals surface area contributed by atoms with Crippen molar-refractivity contribution in [3.63, 3.8) is 0 Å². The Morgan fingerprint density at radius 1 is 0.762 bits per heavy atom. The van der Waals surface area contributed by atoms with Gasteiger partial charge in [0.25, 0.3) is 0 Å². The summed E-state index contributed by atoms with van der Waals surface area (Å²) in [4.78, 5) is 17.5. The summed E-state index contributed by atoms with van der Waals surface area (Å²) < 4.78 is 0. The Morgan fingerprint density at radius 2 is 1.29 bits per heavy atom. The van der Waals surface area contributed by atoms with Crippen molar-refractivity contribution in [2.24, 2.45) is 0 Å². The van der Waals surface area contributed by atoms with Crippen LogP contribution in [0.2, 0.25) is 0 Å². The molecule has 0 radical (unpaired) electrons. The number of hydrogen-bond acceptors (Lipinski definition) is 6. The normalized spacial score (nSPS) is 20.5. The number of aliphatic hydroxyl groups is 4. The molecule has 2 aliphatic rings. The van der Waals surface area contributed by atoms with Crippen LogP contribution in [0.1, 0.15) is 115 Å². The van der Waals surface area contributed by atoms with E-state index in [1.54, 1.807) is 0 Å². The van der Waals surface area contributed by atoms with E-state index in [2.05, 4.69) is 75.4 Å². The molecular formula is C34H44N4O4. The van der Waals surface area contributed by atoms with Crippen LogP contribution in [0.5, 0.6) is 0 Å². The van der Waals surface area contributed by atoms with Gasteiger partial charge in [-0.2, -0.15) is 0 Å². The second kappa shape index (κ2) is 12.1. The average molecular weight is 573 g/mol. The van der Waals surface area contributed by atoms with Crippen molar-refractivity contribution in [2.45, 2.75) is 103 Å². The minimum absolute atomic E-state index is 0.0116. The summed E-state index contributed by atoms with van der Waals surface area (Å²) in [7, 11) is 0. The quantitative estimate of drug-likeness (QED) is 0.181. The minimum atomic E-state index is -1.40. The van der Waals surface area contributed by atoms with Crippen LogP contribution in [0.3, 0.4) is 0 Å². The number of aryl methyl sites for hydroxylation is 3. The number of aromatic amines is 2. The van der Waals surface area contributed by atoms with Gasteiger partial charge in [-0.15, -0.1) is 0 Å². The van der Waals surface area contributed by atoms with E-state index >= 15 is 0 Å². The van der Waals surface area contributed by atoms with Crippen LogP contribution in [-0.2, 0) is 6.42 Å². The Balaban J connectivity index is 1.88. The Morgan fingerprint density at radius 3 is 1.90 bits per heavy atom. The maximum atomic E-state index is 9.69. The maximum Gasteiger partial charge on any atom is 0.151 e. The average Bonchev–Trinajstić information content (AvgIpc) is 3.59. The molecule has 0 saturated heterocycles. The van der Waals surface area contributed by atoms with Gasteiger partial charge in [0, 0.05) is 80.5 Å². The Bertz CT molecular complexity index is 1630. The third-order valence-electron chi connectivity index (χ3n) is 9.44. The minimum Gasteiger partial charge on any atom is -0.368 e. The number of rotatable bonds is 8. The van der Waals surface area contributed by atoms with E-state index in [0.29, 0.717) is 12.8 Å². The van der Waals surface area contributed by atoms with Gasteiger partial charge >= 0.3 is 0 Å². The fourth-order valence-corrected chi connectivity index (χ4v) is 6.80. The van der Waals surface area contributed by atoms with E-state index in [4.69, 9.17) is 9.97 Å². The van der Waals surface area contributed by atoms with Gasteiger partial charge in [-0.1, -0.05) is 33.4 Å². The SMILES string of the molecule is C=Cc1c(C)c2cc3nc(cc4[nH]c(cc5nc(cc1[nH]2)C(C)C5CC)c(C)c4CCC(O)O)C(CCC(O)O)C3C. The van der Waals surface area contributed by atoms with Crippen molar-refractivity contribution in [3.05, 3.63) is 75.9 Å². The first kappa shape index (κ1) is 30.2. The van der Waals surface area contributed by atoms with Crippen molar-refractivity contribution in [2.75, 3.05) is 0 Å². The van der Waals surface area contributed by atoms with Crippen molar-refractivity contribution in [3.8, 4) is 0 Å². The number of aliphatic hydroxyl groups excluding tert-OH is 2. The van der Waals surface area contributed by atoms with Crippen LogP contribution in [0, 0.1) is 13.8 Å². The number of nitrogens with one attached hydrogen (secondary N) is 2. The van der Waals surface area contributed by atoms with Gasteiger partial charge in [-0.25, -0.2) is 0 Å². The zero-order chi connectivity index (χ0) is 30.3. The second-order valence-electron chi connectivity index (χ2n) is 12.0. The van der Waals surface area contributed by atoms with Crippen molar-refractivity contribution in [1.29, 1.82) is 0 Å². The molecule has 5 heterocycles. The van der Waals surface area contributed by atoms with Crippen molar-refractivity contribution >= 4 is 28.1 Å². The molecule has 0 aromatic carbocycles. The van der Waals surface area contributed by atoms with Gasteiger partial charge in [0.05, 0.1) is 0 Å². The second-order valence-corrected chi connectivity index (χ2v) is 12.0. The lowest BCUT2D eigenvalue weighted by Gasteiger charge is -2.16. The third-order valence-corrected chi connectivity index (χ3v) is 9.44. The van der Waals surface area contributed by atoms with Crippen molar-refractivity contribution in [1.82, 2.24) is 19.9 Å². The highest BCUT2D eigenvalue weighted by molar-refractivity contribution is 5.80. The summed E-state index contributed by atoms with van der Waals surface area (Å²) in [6, 6.07) is 8.46. The highest BCUT2D eigenvalue weighted by atomic mass is 16.5. The molecule has 4 unspecified atom stereocenters. The third kappa shape index (κ3) is 5.69. The molecule has 0 saturated carbocycles. The number of H-pyrrole nitrogens is 2. The molecule has 0 amide bonds. The molecule has 2 aliphatic heterocycles. The molecule has 3 aromatic rings. The van der Waals surface area contributed by atoms with Crippen LogP contribution >= 0.6 is 0 Å². The van der Waals surface area contributed by atoms with Gasteiger partial charge in [0.15, 0.2) is 12.6 Å². The van der Waals surface area contributed by atoms with Crippen LogP contribution in [0.15, 0.2) is 30.8 Å². The molecule has 8 heteroatoms. The van der Waals surface area contributed by atoms with E-state index < -0.39 is 12.6 Å². The summed E-state index contributed by atoms with van der Waals surface area (Å²) in [5.41, 5.74) is 11.9. The molecule has 8 bridgehead atoms. The molecule has 8 nitrogen and oxygen atoms in total. The lowest BCUT2D eigenvalue weighted by Crippen LogP contribution is -2.09. The highest BCUT2D eigenvalue weighted by Crippen LogP contribution is 2.42. The first-order chi connectivity index (χ1) is 20.0. The molecule has 42 heavy (non-hydrogen) atoms. The first-order valence-corrected chi connectivity index (χ1v) is 15.1. The number of aromatic nitrogens is 4. The van der Waals surface area contributed by atoms with Crippen LogP contribution in [0.4, 0.5) is 0 Å². The molecule has 6 N–H and O–H groups in total. The lowest BCUT2D eigenvalue weighted by molar-refractivity contribution is -0.0477. The highest BCUT2D eigenvalue weighted by Gasteiger charge is 2.30. The Kier molecular flexibility index (Phi) is 8.71. The molecule has 0 spiro atoms. The lowest BCUT2D eigenvalue weighted by atomic mass is 9.87. The van der Waals surface area contributed by atoms with Crippen LogP contribution in [-0.4, -0.2) is 52.9 Å². The van der Waals surface area contributed by atoms with Gasteiger partial charge < -0.3 is 30.4 Å². The molecular weight excluding hydrogens is 528 g/mol. The van der Waals surface area contributed by atoms with Gasteiger partial charge in [-0.3, -0.25) is 9.97 Å². The summed E-state index contributed by atoms with van der Waals surface area (Å²) in [5, 5.41) is 38.7. The summed E-state index contributed by atoms with van der Waals surface area (Å²) in [6.45, 7) is 14.8. The summed E-state index contributed by atoms with van der Waals surface area (Å²) >= 11 is 0. The predicted molar refractivity (Wildman–Crippen MR) is 167 cm³/mol. The van der Waals surface area contributed by atoms with Gasteiger partial charge in [-0.05, 0) is 80.5 Å². The predicted octanol–water partition coefficient (Wildman–Crippen LogP) is 6.09. The van der Waals surface area contributed by atoms with E-state index in [0.717, 1.165) is 73.5 Å². The van der Waals surface area contributed by atoms with E-state index in [9.17, 15) is 20.4 Å². The zero-order valence-electron chi connectivity index (χ0n) is 25.3. The monoisotopic (exact) mass is 572 g/mol. The molecule has 0 fully saturated rings. The Labute approximate surface area is 247 Å². The maximum absolute atomic E-state index is 9.69. The molecule has 5 rings (SSSR count). The topological polar surface area (TPSA) is 138 Å². The largest absolute Gasteiger partial charge is 0.368 e. The smallest absolute Gasteiger partial charge is 0.151 e. The molecule has 4 atom stereocenters. The van der Waals surface area contributed by atoms with Gasteiger partial charge in [0.2, 0.25) is 0 Å². The Hall–Kier alpha value is -3.30. The van der Waals surface area contributed by atoms with E-state index in [1.807, 2.05) is 6.08 Å².